The van der Waals surface area contributed by atoms with Gasteiger partial charge in [0.05, 0.1) is 17.7 Å². The van der Waals surface area contributed by atoms with Crippen LogP contribution in [0.3, 0.4) is 0 Å². The van der Waals surface area contributed by atoms with Gasteiger partial charge in [-0.15, -0.1) is 0 Å². The van der Waals surface area contributed by atoms with E-state index < -0.39 is 0 Å². The van der Waals surface area contributed by atoms with E-state index in [1.54, 1.807) is 0 Å². The van der Waals surface area contributed by atoms with Crippen molar-refractivity contribution in [3.8, 4) is 17.3 Å². The molecule has 0 saturated heterocycles. The molecular formula is C47H54N4O. The van der Waals surface area contributed by atoms with Gasteiger partial charge < -0.3 is 14.5 Å². The predicted molar refractivity (Wildman–Crippen MR) is 221 cm³/mol. The van der Waals surface area contributed by atoms with E-state index in [4.69, 9.17) is 9.72 Å². The van der Waals surface area contributed by atoms with Gasteiger partial charge in [0.1, 0.15) is 17.3 Å². The zero-order valence-electron chi connectivity index (χ0n) is 32.9. The Morgan fingerprint density at radius 1 is 0.577 bits per heavy atom. The lowest BCUT2D eigenvalue weighted by atomic mass is 9.80. The van der Waals surface area contributed by atoms with Gasteiger partial charge in [-0.05, 0) is 99.0 Å². The van der Waals surface area contributed by atoms with E-state index in [1.165, 1.54) is 38.7 Å². The first-order valence-corrected chi connectivity index (χ1v) is 18.7. The van der Waals surface area contributed by atoms with Crippen molar-refractivity contribution in [3.05, 3.63) is 132 Å². The highest BCUT2D eigenvalue weighted by Gasteiger charge is 2.25. The minimum Gasteiger partial charge on any atom is -0.457 e. The van der Waals surface area contributed by atoms with Crippen LogP contribution in [0.4, 0.5) is 11.4 Å². The average molecular weight is 691 g/mol. The number of aromatic nitrogens is 2. The van der Waals surface area contributed by atoms with Crippen LogP contribution in [0.15, 0.2) is 110 Å². The van der Waals surface area contributed by atoms with E-state index in [0.29, 0.717) is 5.92 Å². The molecule has 0 spiro atoms. The number of nitrogens with zero attached hydrogens (tertiary/aromatic N) is 4. The molecule has 5 heteroatoms. The highest BCUT2D eigenvalue weighted by molar-refractivity contribution is 6.09. The third-order valence-corrected chi connectivity index (χ3v) is 10.3. The fourth-order valence-corrected chi connectivity index (χ4v) is 6.97. The normalized spacial score (nSPS) is 14.0. The number of hydrogen-bond donors (Lipinski definition) is 0. The zero-order chi connectivity index (χ0) is 37.2. The lowest BCUT2D eigenvalue weighted by Crippen LogP contribution is -2.26. The summed E-state index contributed by atoms with van der Waals surface area (Å²) in [6, 6.07) is 33.1. The van der Waals surface area contributed by atoms with Crippen LogP contribution >= 0.6 is 0 Å². The van der Waals surface area contributed by atoms with E-state index in [9.17, 15) is 0 Å². The largest absolute Gasteiger partial charge is 0.457 e. The Labute approximate surface area is 310 Å². The summed E-state index contributed by atoms with van der Waals surface area (Å²) in [5.74, 6) is 2.87. The lowest BCUT2D eigenvalue weighted by Gasteiger charge is -2.29. The molecule has 0 bridgehead atoms. The molecule has 52 heavy (non-hydrogen) atoms. The lowest BCUT2D eigenvalue weighted by molar-refractivity contribution is 0.482. The maximum absolute atomic E-state index is 6.76. The van der Waals surface area contributed by atoms with Gasteiger partial charge in [0.2, 0.25) is 0 Å². The minimum atomic E-state index is 0.0112. The summed E-state index contributed by atoms with van der Waals surface area (Å²) in [6.07, 6.45) is 6.31. The molecule has 0 unspecified atom stereocenters. The number of hydrogen-bond acceptors (Lipinski definition) is 4. The third kappa shape index (κ3) is 6.93. The SMILES string of the molecule is CC(C)c1cc(Oc2ccc3c4ccccc4n(-c4cc(C(C)(C)C)ccn4)c3c2)cc(N2C=CN(c3cc(C(C)(C)C)cc(C(C)(C)C)c3)C2)c1. The molecule has 2 aromatic heterocycles. The second-order valence-electron chi connectivity index (χ2n) is 17.8. The molecule has 7 rings (SSSR count). The van der Waals surface area contributed by atoms with Crippen molar-refractivity contribution in [1.82, 2.24) is 9.55 Å². The van der Waals surface area contributed by atoms with Crippen LogP contribution in [0.25, 0.3) is 27.6 Å². The van der Waals surface area contributed by atoms with Crippen molar-refractivity contribution in [2.24, 2.45) is 0 Å². The maximum atomic E-state index is 6.76. The fraction of sp³-hybridized carbons (Fsp3) is 0.340. The maximum Gasteiger partial charge on any atom is 0.137 e. The molecule has 0 fully saturated rings. The van der Waals surface area contributed by atoms with Gasteiger partial charge in [-0.2, -0.15) is 0 Å². The summed E-state index contributed by atoms with van der Waals surface area (Å²) in [7, 11) is 0. The highest BCUT2D eigenvalue weighted by atomic mass is 16.5. The minimum absolute atomic E-state index is 0.0112. The average Bonchev–Trinajstić information content (AvgIpc) is 3.70. The Balaban J connectivity index is 1.24. The number of ether oxygens (including phenoxy) is 1. The molecule has 0 radical (unpaired) electrons. The smallest absolute Gasteiger partial charge is 0.137 e. The summed E-state index contributed by atoms with van der Waals surface area (Å²) >= 11 is 0. The van der Waals surface area contributed by atoms with E-state index in [2.05, 4.69) is 194 Å². The van der Waals surface area contributed by atoms with Crippen LogP contribution in [0, 0.1) is 0 Å². The number of pyridine rings is 1. The Kier molecular flexibility index (Phi) is 8.76. The Morgan fingerprint density at radius 3 is 1.83 bits per heavy atom. The van der Waals surface area contributed by atoms with Gasteiger partial charge in [-0.3, -0.25) is 4.57 Å². The topological polar surface area (TPSA) is 33.5 Å². The van der Waals surface area contributed by atoms with Crippen molar-refractivity contribution in [2.45, 2.75) is 98.3 Å². The molecule has 0 N–H and O–H groups in total. The first kappa shape index (κ1) is 35.4. The van der Waals surface area contributed by atoms with Crippen LogP contribution < -0.4 is 14.5 Å². The molecule has 0 amide bonds. The van der Waals surface area contributed by atoms with Crippen molar-refractivity contribution in [2.75, 3.05) is 16.5 Å². The summed E-state index contributed by atoms with van der Waals surface area (Å²) in [5, 5.41) is 2.37. The third-order valence-electron chi connectivity index (χ3n) is 10.3. The Morgan fingerprint density at radius 2 is 1.19 bits per heavy atom. The number of benzene rings is 4. The van der Waals surface area contributed by atoms with Crippen molar-refractivity contribution in [3.63, 3.8) is 0 Å². The van der Waals surface area contributed by atoms with Gasteiger partial charge >= 0.3 is 0 Å². The molecule has 268 valence electrons. The molecule has 5 nitrogen and oxygen atoms in total. The quantitative estimate of drug-likeness (QED) is 0.174. The van der Waals surface area contributed by atoms with Crippen LogP contribution in [-0.2, 0) is 16.2 Å². The van der Waals surface area contributed by atoms with Gasteiger partial charge in [-0.1, -0.05) is 100 Å². The second-order valence-corrected chi connectivity index (χ2v) is 17.8. The molecule has 1 aliphatic rings. The molecule has 4 aromatic carbocycles. The summed E-state index contributed by atoms with van der Waals surface area (Å²) in [5.41, 5.74) is 9.86. The summed E-state index contributed by atoms with van der Waals surface area (Å²) in [4.78, 5) is 9.53. The van der Waals surface area contributed by atoms with E-state index >= 15 is 0 Å². The molecule has 0 aliphatic carbocycles. The van der Waals surface area contributed by atoms with Crippen molar-refractivity contribution < 1.29 is 4.74 Å². The van der Waals surface area contributed by atoms with Gasteiger partial charge in [-0.25, -0.2) is 4.98 Å². The Hall–Kier alpha value is -5.03. The van der Waals surface area contributed by atoms with Gasteiger partial charge in [0.15, 0.2) is 0 Å². The van der Waals surface area contributed by atoms with E-state index in [0.717, 1.165) is 40.7 Å². The van der Waals surface area contributed by atoms with E-state index in [-0.39, 0.29) is 16.2 Å². The van der Waals surface area contributed by atoms with Crippen molar-refractivity contribution in [1.29, 1.82) is 0 Å². The predicted octanol–water partition coefficient (Wildman–Crippen LogP) is 12.7. The standard InChI is InChI=1S/C47H54N4O/c1-31(2)32-22-36(49-20-21-50(30-49)37-25-34(46(6,7)8)24-35(26-37)47(9,10)11)28-39(23-32)52-38-16-17-41-40-14-12-13-15-42(40)51(43(41)29-38)44-27-33(18-19-48-44)45(3,4)5/h12-29,31H,30H2,1-11H3. The first-order chi connectivity index (χ1) is 24.5. The summed E-state index contributed by atoms with van der Waals surface area (Å²) < 4.78 is 9.03. The second kappa shape index (κ2) is 12.9. The number of para-hydroxylation sites is 1. The molecular weight excluding hydrogens is 637 g/mol. The molecule has 3 heterocycles. The number of fused-ring (bicyclic) bond motifs is 3. The Bertz CT molecular complexity index is 2270. The molecule has 6 aromatic rings. The summed E-state index contributed by atoms with van der Waals surface area (Å²) in [6.45, 7) is 25.7. The van der Waals surface area contributed by atoms with Crippen molar-refractivity contribution >= 4 is 33.2 Å². The molecule has 0 atom stereocenters. The zero-order valence-corrected chi connectivity index (χ0v) is 32.9. The van der Waals surface area contributed by atoms with Crippen LogP contribution in [0.2, 0.25) is 0 Å². The van der Waals surface area contributed by atoms with Crippen LogP contribution in [0.1, 0.15) is 104 Å². The number of rotatable bonds is 6. The van der Waals surface area contributed by atoms with E-state index in [1.807, 2.05) is 6.20 Å². The van der Waals surface area contributed by atoms with Crippen LogP contribution in [-0.4, -0.2) is 16.2 Å². The van der Waals surface area contributed by atoms with Gasteiger partial charge in [0, 0.05) is 52.9 Å². The monoisotopic (exact) mass is 690 g/mol. The molecule has 0 saturated carbocycles. The number of anilines is 2. The molecule has 1 aliphatic heterocycles. The van der Waals surface area contributed by atoms with Crippen LogP contribution in [0.5, 0.6) is 11.5 Å². The fourth-order valence-electron chi connectivity index (χ4n) is 6.97. The van der Waals surface area contributed by atoms with Gasteiger partial charge in [0.25, 0.3) is 0 Å². The highest BCUT2D eigenvalue weighted by Crippen LogP contribution is 2.39. The first-order valence-electron chi connectivity index (χ1n) is 18.7.